The summed E-state index contributed by atoms with van der Waals surface area (Å²) in [4.78, 5) is 0. The molecule has 0 heterocycles. The fraction of sp³-hybridized carbons (Fsp3) is 0.571. The molecule has 5 heteroatoms. The largest absolute Gasteiger partial charge is 0.330 e. The predicted molar refractivity (Wildman–Crippen MR) is 79.1 cm³/mol. The van der Waals surface area contributed by atoms with Crippen LogP contribution in [0.5, 0.6) is 0 Å². The van der Waals surface area contributed by atoms with Gasteiger partial charge in [0.05, 0.1) is 5.75 Å². The molecule has 1 aromatic rings. The summed E-state index contributed by atoms with van der Waals surface area (Å²) in [7, 11) is -3.26. The third-order valence-corrected chi connectivity index (χ3v) is 4.58. The summed E-state index contributed by atoms with van der Waals surface area (Å²) in [6, 6.07) is 9.29. The van der Waals surface area contributed by atoms with Gasteiger partial charge in [-0.2, -0.15) is 0 Å². The highest BCUT2D eigenvalue weighted by molar-refractivity contribution is 7.88. The average molecular weight is 284 g/mol. The van der Waals surface area contributed by atoms with Gasteiger partial charge >= 0.3 is 0 Å². The van der Waals surface area contributed by atoms with Gasteiger partial charge in [0.25, 0.3) is 0 Å². The van der Waals surface area contributed by atoms with E-state index in [2.05, 4.69) is 0 Å². The van der Waals surface area contributed by atoms with Crippen LogP contribution in [-0.4, -0.2) is 32.4 Å². The quantitative estimate of drug-likeness (QED) is 0.792. The lowest BCUT2D eigenvalue weighted by Gasteiger charge is -2.23. The lowest BCUT2D eigenvalue weighted by atomic mass is 10.2. The number of nitrogens with two attached hydrogens (primary N) is 1. The van der Waals surface area contributed by atoms with Crippen molar-refractivity contribution >= 4 is 10.0 Å². The molecular weight excluding hydrogens is 260 g/mol. The summed E-state index contributed by atoms with van der Waals surface area (Å²) in [5.41, 5.74) is 6.31. The number of sulfonamides is 1. The summed E-state index contributed by atoms with van der Waals surface area (Å²) in [5.74, 6) is 0.369. The van der Waals surface area contributed by atoms with Gasteiger partial charge in [0.15, 0.2) is 0 Å². The molecule has 0 unspecified atom stereocenters. The minimum Gasteiger partial charge on any atom is -0.330 e. The molecule has 0 fully saturated rings. The second kappa shape index (κ2) is 7.62. The molecule has 1 aromatic carbocycles. The molecule has 19 heavy (non-hydrogen) atoms. The van der Waals surface area contributed by atoms with Crippen molar-refractivity contribution < 1.29 is 8.42 Å². The van der Waals surface area contributed by atoms with Crippen molar-refractivity contribution in [1.29, 1.82) is 0 Å². The third kappa shape index (κ3) is 5.72. The van der Waals surface area contributed by atoms with Gasteiger partial charge in [-0.05, 0) is 24.4 Å². The minimum atomic E-state index is -3.26. The standard InChI is InChI=1S/C14H24N2O2S/c1-13(2)11-16(10-6-9-15)19(17,18)12-14-7-4-3-5-8-14/h3-5,7-8,13H,6,9-12,15H2,1-2H3. The first-order chi connectivity index (χ1) is 8.95. The first-order valence-electron chi connectivity index (χ1n) is 6.67. The summed E-state index contributed by atoms with van der Waals surface area (Å²) in [5, 5.41) is 0. The molecule has 0 aliphatic heterocycles. The van der Waals surface area contributed by atoms with Crippen LogP contribution in [0, 0.1) is 5.92 Å². The molecule has 0 aliphatic rings. The van der Waals surface area contributed by atoms with E-state index in [1.807, 2.05) is 44.2 Å². The molecular formula is C14H24N2O2S. The van der Waals surface area contributed by atoms with Crippen molar-refractivity contribution in [2.75, 3.05) is 19.6 Å². The van der Waals surface area contributed by atoms with Crippen LogP contribution in [0.2, 0.25) is 0 Å². The Morgan fingerprint density at radius 2 is 1.84 bits per heavy atom. The summed E-state index contributed by atoms with van der Waals surface area (Å²) < 4.78 is 26.4. The lowest BCUT2D eigenvalue weighted by Crippen LogP contribution is -2.36. The first-order valence-corrected chi connectivity index (χ1v) is 8.28. The Kier molecular flexibility index (Phi) is 6.48. The van der Waals surface area contributed by atoms with Gasteiger partial charge in [-0.15, -0.1) is 0 Å². The van der Waals surface area contributed by atoms with Crippen molar-refractivity contribution in [3.05, 3.63) is 35.9 Å². The minimum absolute atomic E-state index is 0.0606. The SMILES string of the molecule is CC(C)CN(CCCN)S(=O)(=O)Cc1ccccc1. The first kappa shape index (κ1) is 16.1. The Labute approximate surface area is 116 Å². The number of hydrogen-bond acceptors (Lipinski definition) is 3. The molecule has 0 spiro atoms. The van der Waals surface area contributed by atoms with E-state index in [0.717, 1.165) is 5.56 Å². The highest BCUT2D eigenvalue weighted by Crippen LogP contribution is 2.13. The molecule has 0 atom stereocenters. The van der Waals surface area contributed by atoms with Crippen LogP contribution < -0.4 is 5.73 Å². The van der Waals surface area contributed by atoms with Crippen LogP contribution in [0.3, 0.4) is 0 Å². The molecule has 0 radical (unpaired) electrons. The highest BCUT2D eigenvalue weighted by Gasteiger charge is 2.22. The van der Waals surface area contributed by atoms with Crippen LogP contribution in [0.25, 0.3) is 0 Å². The van der Waals surface area contributed by atoms with Gasteiger partial charge in [0.2, 0.25) is 10.0 Å². The van der Waals surface area contributed by atoms with Crippen molar-refractivity contribution in [3.63, 3.8) is 0 Å². The number of hydrogen-bond donors (Lipinski definition) is 1. The van der Waals surface area contributed by atoms with Gasteiger partial charge in [0.1, 0.15) is 0 Å². The zero-order valence-electron chi connectivity index (χ0n) is 11.7. The Bertz CT molecular complexity index is 458. The third-order valence-electron chi connectivity index (χ3n) is 2.77. The molecule has 0 saturated heterocycles. The maximum atomic E-state index is 12.4. The zero-order valence-corrected chi connectivity index (χ0v) is 12.6. The molecule has 0 saturated carbocycles. The molecule has 0 bridgehead atoms. The van der Waals surface area contributed by atoms with Gasteiger partial charge in [-0.3, -0.25) is 0 Å². The highest BCUT2D eigenvalue weighted by atomic mass is 32.2. The maximum absolute atomic E-state index is 12.4. The van der Waals surface area contributed by atoms with Crippen molar-refractivity contribution in [3.8, 4) is 0 Å². The summed E-state index contributed by atoms with van der Waals surface area (Å²) in [6.07, 6.45) is 0.695. The number of benzene rings is 1. The lowest BCUT2D eigenvalue weighted by molar-refractivity contribution is 0.364. The smallest absolute Gasteiger partial charge is 0.218 e. The average Bonchev–Trinajstić information content (AvgIpc) is 2.34. The van der Waals surface area contributed by atoms with E-state index in [0.29, 0.717) is 32.0 Å². The summed E-state index contributed by atoms with van der Waals surface area (Å²) in [6.45, 7) is 5.61. The maximum Gasteiger partial charge on any atom is 0.218 e. The van der Waals surface area contributed by atoms with Crippen molar-refractivity contribution in [2.24, 2.45) is 11.7 Å². The fourth-order valence-electron chi connectivity index (χ4n) is 1.89. The van der Waals surface area contributed by atoms with Crippen LogP contribution >= 0.6 is 0 Å². The van der Waals surface area contributed by atoms with Crippen LogP contribution in [0.15, 0.2) is 30.3 Å². The van der Waals surface area contributed by atoms with Gasteiger partial charge < -0.3 is 5.73 Å². The Morgan fingerprint density at radius 1 is 1.21 bits per heavy atom. The molecule has 4 nitrogen and oxygen atoms in total. The monoisotopic (exact) mass is 284 g/mol. The van der Waals surface area contributed by atoms with E-state index in [4.69, 9.17) is 5.73 Å². The van der Waals surface area contributed by atoms with Crippen LogP contribution in [0.1, 0.15) is 25.8 Å². The molecule has 2 N–H and O–H groups in total. The molecule has 1 rings (SSSR count). The van der Waals surface area contributed by atoms with E-state index in [9.17, 15) is 8.42 Å². The summed E-state index contributed by atoms with van der Waals surface area (Å²) >= 11 is 0. The Balaban J connectivity index is 2.80. The van der Waals surface area contributed by atoms with Crippen LogP contribution in [0.4, 0.5) is 0 Å². The zero-order chi connectivity index (χ0) is 14.3. The topological polar surface area (TPSA) is 63.4 Å². The van der Waals surface area contributed by atoms with Crippen molar-refractivity contribution in [2.45, 2.75) is 26.0 Å². The fourth-order valence-corrected chi connectivity index (χ4v) is 3.62. The molecule has 0 aliphatic carbocycles. The number of nitrogens with zero attached hydrogens (tertiary/aromatic N) is 1. The van der Waals surface area contributed by atoms with Crippen molar-refractivity contribution in [1.82, 2.24) is 4.31 Å². The second-order valence-electron chi connectivity index (χ2n) is 5.14. The van der Waals surface area contributed by atoms with Gasteiger partial charge in [0, 0.05) is 13.1 Å². The van der Waals surface area contributed by atoms with E-state index in [1.165, 1.54) is 0 Å². The van der Waals surface area contributed by atoms with E-state index in [1.54, 1.807) is 4.31 Å². The van der Waals surface area contributed by atoms with Gasteiger partial charge in [-0.1, -0.05) is 44.2 Å². The molecule has 108 valence electrons. The number of rotatable bonds is 8. The van der Waals surface area contributed by atoms with E-state index < -0.39 is 10.0 Å². The second-order valence-corrected chi connectivity index (χ2v) is 7.10. The normalized spacial score (nSPS) is 12.3. The van der Waals surface area contributed by atoms with Gasteiger partial charge in [-0.25, -0.2) is 12.7 Å². The predicted octanol–water partition coefficient (Wildman–Crippen LogP) is 1.82. The molecule has 0 aromatic heterocycles. The van der Waals surface area contributed by atoms with E-state index >= 15 is 0 Å². The Hall–Kier alpha value is -0.910. The van der Waals surface area contributed by atoms with Crippen LogP contribution in [-0.2, 0) is 15.8 Å². The molecule has 0 amide bonds. The van der Waals surface area contributed by atoms with E-state index in [-0.39, 0.29) is 5.75 Å². The Morgan fingerprint density at radius 3 is 2.37 bits per heavy atom.